The van der Waals surface area contributed by atoms with E-state index >= 15 is 0 Å². The van der Waals surface area contributed by atoms with Crippen LogP contribution in [0.4, 0.5) is 28.9 Å². The van der Waals surface area contributed by atoms with Crippen LogP contribution in [0.1, 0.15) is 0 Å². The summed E-state index contributed by atoms with van der Waals surface area (Å²) in [6.07, 6.45) is 0. The Labute approximate surface area is 117 Å². The fraction of sp³-hybridized carbons (Fsp3) is 0. The average molecular weight is 320 g/mol. The fourth-order valence-corrected chi connectivity index (χ4v) is 2.82. The summed E-state index contributed by atoms with van der Waals surface area (Å²) in [5, 5.41) is 0. The van der Waals surface area contributed by atoms with Gasteiger partial charge in [-0.25, -0.2) is 26.0 Å². The second kappa shape index (κ2) is 5.24. The Morgan fingerprint density at radius 1 is 0.857 bits per heavy atom. The van der Waals surface area contributed by atoms with Gasteiger partial charge in [-0.1, -0.05) is 0 Å². The molecule has 0 aliphatic heterocycles. The minimum atomic E-state index is -4.71. The summed E-state index contributed by atoms with van der Waals surface area (Å²) in [5.41, 5.74) is 4.91. The summed E-state index contributed by atoms with van der Waals surface area (Å²) in [5.74, 6) is -5.32. The van der Waals surface area contributed by atoms with Crippen LogP contribution in [-0.2, 0) is 10.0 Å². The minimum absolute atomic E-state index is 0.0900. The normalized spacial score (nSPS) is 11.4. The van der Waals surface area contributed by atoms with Crippen LogP contribution < -0.4 is 10.5 Å². The van der Waals surface area contributed by atoms with E-state index in [2.05, 4.69) is 0 Å². The molecule has 2 rings (SSSR count). The third-order valence-corrected chi connectivity index (χ3v) is 3.84. The van der Waals surface area contributed by atoms with Gasteiger partial charge < -0.3 is 5.73 Å². The zero-order valence-electron chi connectivity index (χ0n) is 10.2. The lowest BCUT2D eigenvalue weighted by atomic mass is 10.3. The number of halogens is 4. The fourth-order valence-electron chi connectivity index (χ4n) is 1.66. The second-order valence-electron chi connectivity index (χ2n) is 4.08. The van der Waals surface area contributed by atoms with Crippen molar-refractivity contribution in [2.24, 2.45) is 0 Å². The Balaban J connectivity index is 2.48. The lowest BCUT2D eigenvalue weighted by Gasteiger charge is -2.10. The molecular weight excluding hydrogens is 312 g/mol. The van der Waals surface area contributed by atoms with Crippen molar-refractivity contribution >= 4 is 21.4 Å². The minimum Gasteiger partial charge on any atom is -0.399 e. The maximum absolute atomic E-state index is 13.5. The monoisotopic (exact) mass is 320 g/mol. The van der Waals surface area contributed by atoms with Crippen molar-refractivity contribution in [2.45, 2.75) is 4.90 Å². The van der Waals surface area contributed by atoms with Crippen LogP contribution in [0.15, 0.2) is 35.2 Å². The van der Waals surface area contributed by atoms with Crippen molar-refractivity contribution in [3.63, 3.8) is 0 Å². The molecular formula is C12H8F4N2O2S. The van der Waals surface area contributed by atoms with Gasteiger partial charge in [-0.05, 0) is 18.2 Å². The quantitative estimate of drug-likeness (QED) is 0.674. The van der Waals surface area contributed by atoms with Crippen molar-refractivity contribution in [2.75, 3.05) is 10.5 Å². The van der Waals surface area contributed by atoms with Gasteiger partial charge in [-0.3, -0.25) is 4.72 Å². The van der Waals surface area contributed by atoms with Crippen LogP contribution >= 0.6 is 0 Å². The van der Waals surface area contributed by atoms with Crippen molar-refractivity contribution in [3.05, 3.63) is 53.6 Å². The zero-order chi connectivity index (χ0) is 15.8. The van der Waals surface area contributed by atoms with E-state index in [1.54, 1.807) is 4.72 Å². The summed E-state index contributed by atoms with van der Waals surface area (Å²) >= 11 is 0. The highest BCUT2D eigenvalue weighted by Gasteiger charge is 2.25. The molecule has 0 atom stereocenters. The lowest BCUT2D eigenvalue weighted by molar-refractivity contribution is 0.498. The van der Waals surface area contributed by atoms with Crippen molar-refractivity contribution in [1.29, 1.82) is 0 Å². The predicted octanol–water partition coefficient (Wildman–Crippen LogP) is 2.63. The molecule has 0 saturated carbocycles. The summed E-state index contributed by atoms with van der Waals surface area (Å²) in [6.45, 7) is 0. The molecule has 21 heavy (non-hydrogen) atoms. The molecule has 0 amide bonds. The number of nitrogens with one attached hydrogen (secondary N) is 1. The van der Waals surface area contributed by atoms with Gasteiger partial charge in [0.25, 0.3) is 10.0 Å². The van der Waals surface area contributed by atoms with Crippen LogP contribution in [0.2, 0.25) is 0 Å². The molecule has 0 bridgehead atoms. The number of sulfonamides is 1. The molecule has 0 aliphatic carbocycles. The van der Waals surface area contributed by atoms with Crippen LogP contribution in [0.3, 0.4) is 0 Å². The van der Waals surface area contributed by atoms with E-state index in [-0.39, 0.29) is 23.5 Å². The SMILES string of the molecule is Nc1cc(F)cc(NS(=O)(=O)c2c(F)cc(F)cc2F)c1. The van der Waals surface area contributed by atoms with Gasteiger partial charge in [0.2, 0.25) is 0 Å². The number of nitrogens with two attached hydrogens (primary N) is 1. The van der Waals surface area contributed by atoms with Crippen molar-refractivity contribution < 1.29 is 26.0 Å². The van der Waals surface area contributed by atoms with Gasteiger partial charge in [0.15, 0.2) is 4.90 Å². The summed E-state index contributed by atoms with van der Waals surface area (Å²) < 4.78 is 78.4. The van der Waals surface area contributed by atoms with E-state index < -0.39 is 38.2 Å². The maximum Gasteiger partial charge on any atom is 0.267 e. The topological polar surface area (TPSA) is 72.2 Å². The molecule has 2 aromatic carbocycles. The molecule has 0 heterocycles. The Bertz CT molecular complexity index is 766. The molecule has 9 heteroatoms. The van der Waals surface area contributed by atoms with Crippen molar-refractivity contribution in [1.82, 2.24) is 0 Å². The van der Waals surface area contributed by atoms with E-state index in [1.165, 1.54) is 0 Å². The molecule has 112 valence electrons. The number of hydrogen-bond donors (Lipinski definition) is 2. The second-order valence-corrected chi connectivity index (χ2v) is 5.70. The number of hydrogen-bond acceptors (Lipinski definition) is 3. The predicted molar refractivity (Wildman–Crippen MR) is 67.9 cm³/mol. The highest BCUT2D eigenvalue weighted by Crippen LogP contribution is 2.24. The summed E-state index contributed by atoms with van der Waals surface area (Å²) in [6, 6.07) is 3.19. The van der Waals surface area contributed by atoms with E-state index in [4.69, 9.17) is 5.73 Å². The smallest absolute Gasteiger partial charge is 0.267 e. The molecule has 0 saturated heterocycles. The summed E-state index contributed by atoms with van der Waals surface area (Å²) in [4.78, 5) is -1.37. The molecule has 4 nitrogen and oxygen atoms in total. The highest BCUT2D eigenvalue weighted by molar-refractivity contribution is 7.92. The van der Waals surface area contributed by atoms with E-state index in [0.717, 1.165) is 18.2 Å². The molecule has 3 N–H and O–H groups in total. The number of rotatable bonds is 3. The van der Waals surface area contributed by atoms with Crippen LogP contribution in [0.5, 0.6) is 0 Å². The average Bonchev–Trinajstić information content (AvgIpc) is 2.23. The van der Waals surface area contributed by atoms with Gasteiger partial charge in [0.1, 0.15) is 23.3 Å². The zero-order valence-corrected chi connectivity index (χ0v) is 11.0. The number of anilines is 2. The van der Waals surface area contributed by atoms with Crippen LogP contribution in [0.25, 0.3) is 0 Å². The Kier molecular flexibility index (Phi) is 3.77. The van der Waals surface area contributed by atoms with E-state index in [0.29, 0.717) is 0 Å². The van der Waals surface area contributed by atoms with Crippen LogP contribution in [0, 0.1) is 23.3 Å². The van der Waals surface area contributed by atoms with Crippen LogP contribution in [-0.4, -0.2) is 8.42 Å². The van der Waals surface area contributed by atoms with Gasteiger partial charge in [-0.2, -0.15) is 0 Å². The number of nitrogen functional groups attached to an aromatic ring is 1. The third-order valence-electron chi connectivity index (χ3n) is 2.40. The van der Waals surface area contributed by atoms with E-state index in [1.807, 2.05) is 0 Å². The third kappa shape index (κ3) is 3.24. The first-order chi connectivity index (χ1) is 9.69. The molecule has 0 aromatic heterocycles. The lowest BCUT2D eigenvalue weighted by Crippen LogP contribution is -2.17. The molecule has 2 aromatic rings. The maximum atomic E-state index is 13.5. The Morgan fingerprint density at radius 3 is 1.90 bits per heavy atom. The highest BCUT2D eigenvalue weighted by atomic mass is 32.2. The van der Waals surface area contributed by atoms with Gasteiger partial charge in [0.05, 0.1) is 5.69 Å². The molecule has 0 unspecified atom stereocenters. The molecule has 0 radical (unpaired) electrons. The Morgan fingerprint density at radius 2 is 1.38 bits per heavy atom. The van der Waals surface area contributed by atoms with Crippen molar-refractivity contribution in [3.8, 4) is 0 Å². The largest absolute Gasteiger partial charge is 0.399 e. The van der Waals surface area contributed by atoms with E-state index in [9.17, 15) is 26.0 Å². The first-order valence-electron chi connectivity index (χ1n) is 5.42. The molecule has 0 aliphatic rings. The summed E-state index contributed by atoms with van der Waals surface area (Å²) in [7, 11) is -4.71. The van der Waals surface area contributed by atoms with Gasteiger partial charge in [0, 0.05) is 17.8 Å². The molecule has 0 fully saturated rings. The standard InChI is InChI=1S/C12H8F4N2O2S/c13-6-1-8(17)5-9(2-6)18-21(19,20)12-10(15)3-7(14)4-11(12)16/h1-5,18H,17H2. The van der Waals surface area contributed by atoms with Gasteiger partial charge >= 0.3 is 0 Å². The first-order valence-corrected chi connectivity index (χ1v) is 6.91. The first kappa shape index (κ1) is 15.1. The Hall–Kier alpha value is -2.29. The number of benzene rings is 2. The molecule has 0 spiro atoms. The van der Waals surface area contributed by atoms with Gasteiger partial charge in [-0.15, -0.1) is 0 Å².